The molecule has 22 heavy (non-hydrogen) atoms. The zero-order valence-corrected chi connectivity index (χ0v) is 13.6. The van der Waals surface area contributed by atoms with Gasteiger partial charge in [0.15, 0.2) is 0 Å². The smallest absolute Gasteiger partial charge is 0.238 e. The van der Waals surface area contributed by atoms with E-state index in [0.29, 0.717) is 24.8 Å². The zero-order chi connectivity index (χ0) is 15.7. The maximum atomic E-state index is 12.8. The van der Waals surface area contributed by atoms with Crippen LogP contribution in [0.3, 0.4) is 0 Å². The van der Waals surface area contributed by atoms with Crippen LogP contribution in [0.25, 0.3) is 0 Å². The van der Waals surface area contributed by atoms with Crippen molar-refractivity contribution in [2.24, 2.45) is 11.3 Å². The molecule has 0 spiro atoms. The first-order chi connectivity index (χ1) is 10.6. The van der Waals surface area contributed by atoms with E-state index >= 15 is 0 Å². The fourth-order valence-corrected chi connectivity index (χ4v) is 3.95. The fourth-order valence-electron chi connectivity index (χ4n) is 3.95. The van der Waals surface area contributed by atoms with Crippen LogP contribution in [0.4, 0.5) is 0 Å². The lowest BCUT2D eigenvalue weighted by Crippen LogP contribution is -2.48. The van der Waals surface area contributed by atoms with E-state index in [1.807, 2.05) is 4.90 Å². The average molecular weight is 309 g/mol. The first-order valence-corrected chi connectivity index (χ1v) is 8.45. The minimum absolute atomic E-state index is 0.0426. The van der Waals surface area contributed by atoms with E-state index in [4.69, 9.17) is 4.74 Å². The lowest BCUT2D eigenvalue weighted by Gasteiger charge is -2.34. The van der Waals surface area contributed by atoms with Crippen LogP contribution in [0.15, 0.2) is 0 Å². The molecule has 2 saturated heterocycles. The number of hydrogen-bond acceptors (Lipinski definition) is 4. The molecule has 2 heterocycles. The molecule has 1 saturated carbocycles. The van der Waals surface area contributed by atoms with Crippen LogP contribution < -0.4 is 5.32 Å². The molecule has 6 nitrogen and oxygen atoms in total. The second kappa shape index (κ2) is 6.16. The maximum absolute atomic E-state index is 12.8. The summed E-state index contributed by atoms with van der Waals surface area (Å²) in [5.74, 6) is 0.434. The molecule has 0 bridgehead atoms. The Bertz CT molecular complexity index is 444. The standard InChI is InChI=1S/C16H27N3O3/c1-3-12-10-19(11-13(12)18-6-8-22-9-7-18)15(21)16(4-5-16)14(20)17-2/h12-13H,3-11H2,1-2H3,(H,17,20). The SMILES string of the molecule is CCC1CN(C(=O)C2(C(=O)NC)CC2)CC1N1CCOCC1. The van der Waals surface area contributed by atoms with Gasteiger partial charge >= 0.3 is 0 Å². The van der Waals surface area contributed by atoms with Gasteiger partial charge < -0.3 is 15.0 Å². The number of likely N-dealkylation sites (tertiary alicyclic amines) is 1. The third-order valence-electron chi connectivity index (χ3n) is 5.55. The van der Waals surface area contributed by atoms with Gasteiger partial charge in [-0.15, -0.1) is 0 Å². The Morgan fingerprint density at radius 1 is 1.23 bits per heavy atom. The first kappa shape index (κ1) is 15.7. The van der Waals surface area contributed by atoms with Crippen molar-refractivity contribution in [1.82, 2.24) is 15.1 Å². The average Bonchev–Trinajstić information content (AvgIpc) is 3.27. The van der Waals surface area contributed by atoms with E-state index in [1.54, 1.807) is 7.05 Å². The van der Waals surface area contributed by atoms with Gasteiger partial charge in [-0.2, -0.15) is 0 Å². The molecule has 3 aliphatic rings. The summed E-state index contributed by atoms with van der Waals surface area (Å²) in [5.41, 5.74) is -0.757. The second-order valence-corrected chi connectivity index (χ2v) is 6.76. The number of nitrogens with one attached hydrogen (secondary N) is 1. The molecule has 1 N–H and O–H groups in total. The van der Waals surface area contributed by atoms with E-state index in [0.717, 1.165) is 45.8 Å². The van der Waals surface area contributed by atoms with Crippen LogP contribution in [0.1, 0.15) is 26.2 Å². The van der Waals surface area contributed by atoms with Crippen molar-refractivity contribution >= 4 is 11.8 Å². The van der Waals surface area contributed by atoms with Crippen molar-refractivity contribution in [2.45, 2.75) is 32.2 Å². The molecule has 2 aliphatic heterocycles. The lowest BCUT2D eigenvalue weighted by molar-refractivity contribution is -0.143. The summed E-state index contributed by atoms with van der Waals surface area (Å²) in [4.78, 5) is 29.3. The van der Waals surface area contributed by atoms with Crippen LogP contribution in [-0.4, -0.2) is 74.1 Å². The van der Waals surface area contributed by atoms with Gasteiger partial charge in [0.05, 0.1) is 13.2 Å². The molecule has 0 aromatic carbocycles. The van der Waals surface area contributed by atoms with Crippen molar-refractivity contribution in [1.29, 1.82) is 0 Å². The highest BCUT2D eigenvalue weighted by atomic mass is 16.5. The van der Waals surface area contributed by atoms with Gasteiger partial charge in [0.2, 0.25) is 11.8 Å². The van der Waals surface area contributed by atoms with E-state index in [1.165, 1.54) is 0 Å². The Hall–Kier alpha value is -1.14. The highest BCUT2D eigenvalue weighted by molar-refractivity contribution is 6.07. The number of hydrogen-bond donors (Lipinski definition) is 1. The van der Waals surface area contributed by atoms with Crippen molar-refractivity contribution in [2.75, 3.05) is 46.4 Å². The molecule has 6 heteroatoms. The summed E-state index contributed by atoms with van der Waals surface area (Å²) < 4.78 is 5.44. The predicted molar refractivity (Wildman–Crippen MR) is 82.3 cm³/mol. The van der Waals surface area contributed by atoms with Crippen molar-refractivity contribution in [3.8, 4) is 0 Å². The predicted octanol–water partition coefficient (Wildman–Crippen LogP) is 0.0818. The molecule has 124 valence electrons. The minimum Gasteiger partial charge on any atom is -0.379 e. The van der Waals surface area contributed by atoms with Gasteiger partial charge in [-0.25, -0.2) is 0 Å². The zero-order valence-electron chi connectivity index (χ0n) is 13.6. The summed E-state index contributed by atoms with van der Waals surface area (Å²) in [5, 5.41) is 2.66. The third-order valence-corrected chi connectivity index (χ3v) is 5.55. The maximum Gasteiger partial charge on any atom is 0.238 e. The quantitative estimate of drug-likeness (QED) is 0.747. The molecule has 0 aromatic rings. The molecular weight excluding hydrogens is 282 g/mol. The van der Waals surface area contributed by atoms with Crippen LogP contribution in [0.2, 0.25) is 0 Å². The van der Waals surface area contributed by atoms with Crippen molar-refractivity contribution < 1.29 is 14.3 Å². The Morgan fingerprint density at radius 3 is 2.45 bits per heavy atom. The van der Waals surface area contributed by atoms with Crippen LogP contribution in [-0.2, 0) is 14.3 Å². The molecule has 3 rings (SSSR count). The number of morpholine rings is 1. The normalized spacial score (nSPS) is 31.1. The van der Waals surface area contributed by atoms with Crippen molar-refractivity contribution in [3.63, 3.8) is 0 Å². The van der Waals surface area contributed by atoms with Crippen LogP contribution >= 0.6 is 0 Å². The Labute approximate surface area is 132 Å². The highest BCUT2D eigenvalue weighted by Crippen LogP contribution is 2.48. The number of amides is 2. The van der Waals surface area contributed by atoms with E-state index in [9.17, 15) is 9.59 Å². The highest BCUT2D eigenvalue weighted by Gasteiger charge is 2.58. The van der Waals surface area contributed by atoms with Gasteiger partial charge in [-0.3, -0.25) is 14.5 Å². The molecular formula is C16H27N3O3. The van der Waals surface area contributed by atoms with E-state index in [-0.39, 0.29) is 11.8 Å². The monoisotopic (exact) mass is 309 g/mol. The number of rotatable bonds is 4. The molecule has 2 amide bonds. The summed E-state index contributed by atoms with van der Waals surface area (Å²) in [6, 6.07) is 0.415. The Balaban J connectivity index is 1.68. The third kappa shape index (κ3) is 2.63. The molecule has 0 aromatic heterocycles. The number of carbonyl (C=O) groups is 2. The molecule has 1 aliphatic carbocycles. The lowest BCUT2D eigenvalue weighted by atomic mass is 9.99. The van der Waals surface area contributed by atoms with Gasteiger partial charge in [0, 0.05) is 39.3 Å². The van der Waals surface area contributed by atoms with E-state index < -0.39 is 5.41 Å². The number of carbonyl (C=O) groups excluding carboxylic acids is 2. The van der Waals surface area contributed by atoms with Crippen molar-refractivity contribution in [3.05, 3.63) is 0 Å². The van der Waals surface area contributed by atoms with E-state index in [2.05, 4.69) is 17.1 Å². The summed E-state index contributed by atoms with van der Waals surface area (Å²) in [6.45, 7) is 7.20. The van der Waals surface area contributed by atoms with Crippen LogP contribution in [0, 0.1) is 11.3 Å². The summed E-state index contributed by atoms with van der Waals surface area (Å²) in [6.07, 6.45) is 2.46. The van der Waals surface area contributed by atoms with Gasteiger partial charge in [0.25, 0.3) is 0 Å². The molecule has 0 radical (unpaired) electrons. The Morgan fingerprint density at radius 2 is 1.91 bits per heavy atom. The van der Waals surface area contributed by atoms with Crippen LogP contribution in [0.5, 0.6) is 0 Å². The Kier molecular flexibility index (Phi) is 4.41. The molecule has 2 atom stereocenters. The summed E-state index contributed by atoms with van der Waals surface area (Å²) >= 11 is 0. The number of ether oxygens (including phenoxy) is 1. The summed E-state index contributed by atoms with van der Waals surface area (Å²) in [7, 11) is 1.62. The minimum atomic E-state index is -0.757. The largest absolute Gasteiger partial charge is 0.379 e. The fraction of sp³-hybridized carbons (Fsp3) is 0.875. The van der Waals surface area contributed by atoms with Gasteiger partial charge in [-0.05, 0) is 18.8 Å². The molecule has 3 fully saturated rings. The topological polar surface area (TPSA) is 61.9 Å². The molecule has 2 unspecified atom stereocenters. The number of nitrogens with zero attached hydrogens (tertiary/aromatic N) is 2. The van der Waals surface area contributed by atoms with Gasteiger partial charge in [-0.1, -0.05) is 13.3 Å². The second-order valence-electron chi connectivity index (χ2n) is 6.76. The first-order valence-electron chi connectivity index (χ1n) is 8.45. The van der Waals surface area contributed by atoms with Gasteiger partial charge in [0.1, 0.15) is 5.41 Å².